The zero-order chi connectivity index (χ0) is 13.4. The highest BCUT2D eigenvalue weighted by molar-refractivity contribution is 5.58. The van der Waals surface area contributed by atoms with E-state index in [9.17, 15) is 0 Å². The zero-order valence-electron chi connectivity index (χ0n) is 11.4. The molecule has 98 valence electrons. The Morgan fingerprint density at radius 1 is 1.33 bits per heavy atom. The second kappa shape index (κ2) is 7.70. The molecule has 18 heavy (non-hydrogen) atoms. The molecular formula is C14H21N3O. The Morgan fingerprint density at radius 3 is 2.78 bits per heavy atom. The van der Waals surface area contributed by atoms with Gasteiger partial charge in [-0.2, -0.15) is 5.26 Å². The standard InChI is InChI=1S/C14H21N3O/c1-12-4-5-14(13(10-12)11-15)16-6-8-18-9-7-17(2)3/h4-5,10,16H,6-9H2,1-3H3. The van der Waals surface area contributed by atoms with Gasteiger partial charge in [0.2, 0.25) is 0 Å². The fraction of sp³-hybridized carbons (Fsp3) is 0.500. The van der Waals surface area contributed by atoms with E-state index in [4.69, 9.17) is 10.00 Å². The van der Waals surface area contributed by atoms with Crippen molar-refractivity contribution in [3.8, 4) is 6.07 Å². The summed E-state index contributed by atoms with van der Waals surface area (Å²) in [6.45, 7) is 4.99. The second-order valence-electron chi connectivity index (χ2n) is 4.50. The number of benzene rings is 1. The van der Waals surface area contributed by atoms with Gasteiger partial charge >= 0.3 is 0 Å². The molecule has 0 atom stereocenters. The van der Waals surface area contributed by atoms with E-state index in [-0.39, 0.29) is 0 Å². The number of anilines is 1. The average Bonchev–Trinajstić information content (AvgIpc) is 2.34. The van der Waals surface area contributed by atoms with Crippen molar-refractivity contribution in [2.24, 2.45) is 0 Å². The number of nitrogens with one attached hydrogen (secondary N) is 1. The molecule has 0 saturated carbocycles. The maximum Gasteiger partial charge on any atom is 0.101 e. The van der Waals surface area contributed by atoms with Gasteiger partial charge in [0.05, 0.1) is 24.5 Å². The van der Waals surface area contributed by atoms with E-state index < -0.39 is 0 Å². The van der Waals surface area contributed by atoms with E-state index in [0.29, 0.717) is 18.7 Å². The lowest BCUT2D eigenvalue weighted by atomic mass is 10.1. The Balaban J connectivity index is 2.29. The Labute approximate surface area is 109 Å². The van der Waals surface area contributed by atoms with Crippen LogP contribution >= 0.6 is 0 Å². The minimum atomic E-state index is 0.645. The van der Waals surface area contributed by atoms with Crippen molar-refractivity contribution in [1.82, 2.24) is 4.90 Å². The Hall–Kier alpha value is -1.57. The summed E-state index contributed by atoms with van der Waals surface area (Å²) in [5.74, 6) is 0. The lowest BCUT2D eigenvalue weighted by Gasteiger charge is -2.11. The van der Waals surface area contributed by atoms with E-state index in [2.05, 4.69) is 16.3 Å². The molecule has 1 aromatic carbocycles. The van der Waals surface area contributed by atoms with E-state index in [1.54, 1.807) is 0 Å². The van der Waals surface area contributed by atoms with E-state index in [1.165, 1.54) is 0 Å². The zero-order valence-corrected chi connectivity index (χ0v) is 11.4. The molecule has 0 fully saturated rings. The maximum atomic E-state index is 9.02. The normalized spacial score (nSPS) is 10.4. The molecule has 0 aromatic heterocycles. The minimum absolute atomic E-state index is 0.645. The molecule has 0 amide bonds. The lowest BCUT2D eigenvalue weighted by Crippen LogP contribution is -2.20. The summed E-state index contributed by atoms with van der Waals surface area (Å²) in [5.41, 5.74) is 2.65. The van der Waals surface area contributed by atoms with Crippen molar-refractivity contribution in [2.45, 2.75) is 6.92 Å². The number of likely N-dealkylation sites (N-methyl/N-ethyl adjacent to an activating group) is 1. The van der Waals surface area contributed by atoms with Crippen molar-refractivity contribution < 1.29 is 4.74 Å². The Morgan fingerprint density at radius 2 is 2.11 bits per heavy atom. The van der Waals surface area contributed by atoms with Crippen LogP contribution in [0.15, 0.2) is 18.2 Å². The topological polar surface area (TPSA) is 48.3 Å². The molecule has 0 spiro atoms. The lowest BCUT2D eigenvalue weighted by molar-refractivity contribution is 0.126. The smallest absolute Gasteiger partial charge is 0.101 e. The van der Waals surface area contributed by atoms with Crippen LogP contribution in [0.5, 0.6) is 0 Å². The Kier molecular flexibility index (Phi) is 6.20. The van der Waals surface area contributed by atoms with Crippen molar-refractivity contribution in [3.63, 3.8) is 0 Å². The molecule has 4 nitrogen and oxygen atoms in total. The van der Waals surface area contributed by atoms with Gasteiger partial charge in [0, 0.05) is 13.1 Å². The number of nitrogens with zero attached hydrogens (tertiary/aromatic N) is 2. The fourth-order valence-electron chi connectivity index (χ4n) is 1.51. The van der Waals surface area contributed by atoms with Gasteiger partial charge in [0.25, 0.3) is 0 Å². The molecule has 0 bridgehead atoms. The van der Waals surface area contributed by atoms with Crippen LogP contribution in [0.25, 0.3) is 0 Å². The Bertz CT molecular complexity index is 410. The molecule has 0 aliphatic carbocycles. The fourth-order valence-corrected chi connectivity index (χ4v) is 1.51. The monoisotopic (exact) mass is 247 g/mol. The first-order chi connectivity index (χ1) is 8.63. The van der Waals surface area contributed by atoms with Gasteiger partial charge in [-0.15, -0.1) is 0 Å². The molecule has 1 N–H and O–H groups in total. The van der Waals surface area contributed by atoms with Gasteiger partial charge in [0.15, 0.2) is 0 Å². The summed E-state index contributed by atoms with van der Waals surface area (Å²) in [6, 6.07) is 8.01. The number of nitriles is 1. The van der Waals surface area contributed by atoms with Gasteiger partial charge in [-0.05, 0) is 38.7 Å². The number of aryl methyl sites for hydroxylation is 1. The second-order valence-corrected chi connectivity index (χ2v) is 4.50. The van der Waals surface area contributed by atoms with E-state index in [0.717, 1.165) is 24.4 Å². The molecule has 0 aliphatic rings. The molecular weight excluding hydrogens is 226 g/mol. The van der Waals surface area contributed by atoms with Crippen LogP contribution in [0.4, 0.5) is 5.69 Å². The van der Waals surface area contributed by atoms with Crippen LogP contribution in [-0.4, -0.2) is 45.3 Å². The van der Waals surface area contributed by atoms with Crippen molar-refractivity contribution in [2.75, 3.05) is 45.7 Å². The summed E-state index contributed by atoms with van der Waals surface area (Å²) < 4.78 is 5.48. The first kappa shape index (κ1) is 14.5. The van der Waals surface area contributed by atoms with Gasteiger partial charge in [-0.3, -0.25) is 0 Å². The SMILES string of the molecule is Cc1ccc(NCCOCCN(C)C)c(C#N)c1. The first-order valence-electron chi connectivity index (χ1n) is 6.10. The third-order valence-electron chi connectivity index (χ3n) is 2.54. The van der Waals surface area contributed by atoms with Crippen LogP contribution in [-0.2, 0) is 4.74 Å². The van der Waals surface area contributed by atoms with Crippen molar-refractivity contribution in [3.05, 3.63) is 29.3 Å². The molecule has 0 heterocycles. The maximum absolute atomic E-state index is 9.02. The van der Waals surface area contributed by atoms with Crippen LogP contribution < -0.4 is 5.32 Å². The third-order valence-corrected chi connectivity index (χ3v) is 2.54. The highest BCUT2D eigenvalue weighted by atomic mass is 16.5. The van der Waals surface area contributed by atoms with Gasteiger partial charge in [0.1, 0.15) is 6.07 Å². The van der Waals surface area contributed by atoms with Crippen LogP contribution in [0.1, 0.15) is 11.1 Å². The summed E-state index contributed by atoms with van der Waals surface area (Å²) in [4.78, 5) is 2.08. The van der Waals surface area contributed by atoms with Crippen LogP contribution in [0, 0.1) is 18.3 Å². The summed E-state index contributed by atoms with van der Waals surface area (Å²) in [5, 5.41) is 12.2. The minimum Gasteiger partial charge on any atom is -0.382 e. The van der Waals surface area contributed by atoms with Crippen LogP contribution in [0.2, 0.25) is 0 Å². The van der Waals surface area contributed by atoms with Crippen molar-refractivity contribution in [1.29, 1.82) is 5.26 Å². The van der Waals surface area contributed by atoms with E-state index >= 15 is 0 Å². The largest absolute Gasteiger partial charge is 0.382 e. The number of ether oxygens (including phenoxy) is 1. The highest BCUT2D eigenvalue weighted by Crippen LogP contribution is 2.15. The number of rotatable bonds is 7. The highest BCUT2D eigenvalue weighted by Gasteiger charge is 2.01. The summed E-state index contributed by atoms with van der Waals surface area (Å²) in [6.07, 6.45) is 0. The number of hydrogen-bond donors (Lipinski definition) is 1. The molecule has 0 unspecified atom stereocenters. The third kappa shape index (κ3) is 5.17. The molecule has 4 heteroatoms. The van der Waals surface area contributed by atoms with Crippen LogP contribution in [0.3, 0.4) is 0 Å². The van der Waals surface area contributed by atoms with Gasteiger partial charge in [-0.25, -0.2) is 0 Å². The quantitative estimate of drug-likeness (QED) is 0.747. The predicted octanol–water partition coefficient (Wildman–Crippen LogP) is 1.86. The molecule has 0 aliphatic heterocycles. The summed E-state index contributed by atoms with van der Waals surface area (Å²) >= 11 is 0. The average molecular weight is 247 g/mol. The summed E-state index contributed by atoms with van der Waals surface area (Å²) in [7, 11) is 4.04. The molecule has 1 aromatic rings. The predicted molar refractivity (Wildman–Crippen MR) is 73.8 cm³/mol. The van der Waals surface area contributed by atoms with Gasteiger partial charge < -0.3 is 15.0 Å². The number of hydrogen-bond acceptors (Lipinski definition) is 4. The van der Waals surface area contributed by atoms with Crippen molar-refractivity contribution >= 4 is 5.69 Å². The first-order valence-corrected chi connectivity index (χ1v) is 6.10. The molecule has 0 saturated heterocycles. The molecule has 0 radical (unpaired) electrons. The van der Waals surface area contributed by atoms with E-state index in [1.807, 2.05) is 39.2 Å². The van der Waals surface area contributed by atoms with Gasteiger partial charge in [-0.1, -0.05) is 6.07 Å². The molecule has 1 rings (SSSR count).